The maximum absolute atomic E-state index is 13.7. The van der Waals surface area contributed by atoms with Crippen LogP contribution in [-0.4, -0.2) is 35.4 Å². The Kier molecular flexibility index (Phi) is 7.66. The Labute approximate surface area is 204 Å². The summed E-state index contributed by atoms with van der Waals surface area (Å²) in [7, 11) is 0. The number of hydrogen-bond donors (Lipinski definition) is 1. The fraction of sp³-hybridized carbons (Fsp3) is 0.440. The van der Waals surface area contributed by atoms with Crippen LogP contribution in [0.25, 0.3) is 0 Å². The third-order valence-corrected chi connectivity index (χ3v) is 7.00. The maximum atomic E-state index is 13.7. The van der Waals surface area contributed by atoms with Crippen molar-refractivity contribution in [3.05, 3.63) is 58.6 Å². The first-order valence-corrected chi connectivity index (χ1v) is 12.2. The van der Waals surface area contributed by atoms with Gasteiger partial charge in [-0.2, -0.15) is 0 Å². The van der Waals surface area contributed by atoms with Crippen LogP contribution in [0.5, 0.6) is 11.5 Å². The summed E-state index contributed by atoms with van der Waals surface area (Å²) in [5.41, 5.74) is 1.37. The number of ether oxygens (including phenoxy) is 2. The van der Waals surface area contributed by atoms with Gasteiger partial charge in [0.15, 0.2) is 11.5 Å². The van der Waals surface area contributed by atoms with Gasteiger partial charge in [-0.25, -0.2) is 0 Å². The molecule has 1 N–H and O–H groups in total. The molecule has 0 unspecified atom stereocenters. The highest BCUT2D eigenvalue weighted by Crippen LogP contribution is 2.35. The molecule has 0 spiro atoms. The fourth-order valence-corrected chi connectivity index (χ4v) is 4.97. The van der Waals surface area contributed by atoms with Gasteiger partial charge in [-0.3, -0.25) is 9.59 Å². The van der Waals surface area contributed by atoms with Gasteiger partial charge in [0.25, 0.3) is 0 Å². The summed E-state index contributed by atoms with van der Waals surface area (Å²) in [5.74, 6) is 0.785. The number of carbonyl (C=O) groups is 2. The molecule has 0 radical (unpaired) electrons. The molecule has 2 aliphatic rings. The molecule has 33 heavy (non-hydrogen) atoms. The Morgan fingerprint density at radius 2 is 1.88 bits per heavy atom. The molecule has 0 bridgehead atoms. The van der Waals surface area contributed by atoms with E-state index in [-0.39, 0.29) is 37.1 Å². The van der Waals surface area contributed by atoms with E-state index in [4.69, 9.17) is 32.7 Å². The van der Waals surface area contributed by atoms with Gasteiger partial charge in [0.2, 0.25) is 18.6 Å². The molecule has 1 heterocycles. The summed E-state index contributed by atoms with van der Waals surface area (Å²) in [5, 5.41) is 3.63. The number of halogens is 2. The van der Waals surface area contributed by atoms with Crippen molar-refractivity contribution in [2.75, 3.05) is 12.7 Å². The summed E-state index contributed by atoms with van der Waals surface area (Å²) in [6.45, 7) is 2.49. The lowest BCUT2D eigenvalue weighted by atomic mass is 9.85. The minimum absolute atomic E-state index is 0.0646. The van der Waals surface area contributed by atoms with Crippen molar-refractivity contribution in [2.45, 2.75) is 51.2 Å². The van der Waals surface area contributed by atoms with Gasteiger partial charge in [0, 0.05) is 23.2 Å². The van der Waals surface area contributed by atoms with Crippen molar-refractivity contribution in [1.82, 2.24) is 10.2 Å². The number of rotatable bonds is 7. The number of nitrogens with one attached hydrogen (secondary N) is 1. The Morgan fingerprint density at radius 1 is 1.12 bits per heavy atom. The molecule has 2 amide bonds. The van der Waals surface area contributed by atoms with Crippen LogP contribution < -0.4 is 14.8 Å². The largest absolute Gasteiger partial charge is 0.454 e. The first kappa shape index (κ1) is 23.7. The van der Waals surface area contributed by atoms with Gasteiger partial charge in [-0.15, -0.1) is 11.6 Å². The molecule has 1 aliphatic heterocycles. The van der Waals surface area contributed by atoms with Crippen LogP contribution in [0.15, 0.2) is 42.5 Å². The monoisotopic (exact) mass is 490 g/mol. The number of amides is 2. The van der Waals surface area contributed by atoms with Crippen molar-refractivity contribution in [3.63, 3.8) is 0 Å². The van der Waals surface area contributed by atoms with E-state index >= 15 is 0 Å². The molecule has 1 saturated carbocycles. The average molecular weight is 491 g/mol. The van der Waals surface area contributed by atoms with Crippen LogP contribution >= 0.6 is 23.2 Å². The number of hydrogen-bond acceptors (Lipinski definition) is 4. The number of nitrogens with zero attached hydrogens (tertiary/aromatic N) is 1. The Balaban J connectivity index is 1.68. The standard InChI is InChI=1S/C25H28Cl2N2O4/c1-16-6-2-5-9-20(16)28-25(31)24(18-7-3-4-8-19(18)27)29(23(30)13-26)14-17-10-11-21-22(12-17)33-15-32-21/h3-4,7-8,10-12,16,20,24H,2,5-6,9,13-15H2,1H3,(H,28,31)/t16-,20-,24+/m1/s1. The quantitative estimate of drug-likeness (QED) is 0.549. The second-order valence-electron chi connectivity index (χ2n) is 8.64. The van der Waals surface area contributed by atoms with E-state index in [0.29, 0.717) is 28.0 Å². The molecule has 0 aromatic heterocycles. The SMILES string of the molecule is C[C@@H]1CCCC[C@H]1NC(=O)[C@H](c1ccccc1Cl)N(Cc1ccc2c(c1)OCO2)C(=O)CCl. The van der Waals surface area contributed by atoms with Crippen molar-refractivity contribution >= 4 is 35.0 Å². The first-order chi connectivity index (χ1) is 16.0. The number of benzene rings is 2. The van der Waals surface area contributed by atoms with Crippen LogP contribution in [-0.2, 0) is 16.1 Å². The highest BCUT2D eigenvalue weighted by molar-refractivity contribution is 6.31. The summed E-state index contributed by atoms with van der Waals surface area (Å²) in [6, 6.07) is 11.8. The number of carbonyl (C=O) groups excluding carboxylic acids is 2. The molecule has 3 atom stereocenters. The summed E-state index contributed by atoms with van der Waals surface area (Å²) < 4.78 is 10.9. The van der Waals surface area contributed by atoms with E-state index in [9.17, 15) is 9.59 Å². The lowest BCUT2D eigenvalue weighted by Gasteiger charge is -2.35. The van der Waals surface area contributed by atoms with E-state index < -0.39 is 6.04 Å². The van der Waals surface area contributed by atoms with Crippen LogP contribution in [0.3, 0.4) is 0 Å². The molecule has 176 valence electrons. The van der Waals surface area contributed by atoms with E-state index in [1.165, 1.54) is 11.3 Å². The van der Waals surface area contributed by atoms with Crippen molar-refractivity contribution in [2.24, 2.45) is 5.92 Å². The zero-order chi connectivity index (χ0) is 23.4. The topological polar surface area (TPSA) is 67.9 Å². The molecule has 2 aromatic carbocycles. The molecular weight excluding hydrogens is 463 g/mol. The second-order valence-corrected chi connectivity index (χ2v) is 9.32. The smallest absolute Gasteiger partial charge is 0.247 e. The minimum Gasteiger partial charge on any atom is -0.454 e. The molecule has 6 nitrogen and oxygen atoms in total. The van der Waals surface area contributed by atoms with Gasteiger partial charge in [-0.1, -0.05) is 55.6 Å². The maximum Gasteiger partial charge on any atom is 0.247 e. The van der Waals surface area contributed by atoms with Crippen LogP contribution in [0, 0.1) is 5.92 Å². The van der Waals surface area contributed by atoms with Gasteiger partial charge in [0.1, 0.15) is 11.9 Å². The minimum atomic E-state index is -0.913. The predicted octanol–water partition coefficient (Wildman–Crippen LogP) is 5.07. The lowest BCUT2D eigenvalue weighted by molar-refractivity contribution is -0.140. The zero-order valence-corrected chi connectivity index (χ0v) is 20.1. The van der Waals surface area contributed by atoms with Crippen molar-refractivity contribution in [1.29, 1.82) is 0 Å². The predicted molar refractivity (Wildman–Crippen MR) is 128 cm³/mol. The molecule has 4 rings (SSSR count). The molecule has 8 heteroatoms. The zero-order valence-electron chi connectivity index (χ0n) is 18.6. The average Bonchev–Trinajstić information content (AvgIpc) is 3.29. The van der Waals surface area contributed by atoms with Gasteiger partial charge < -0.3 is 19.7 Å². The first-order valence-electron chi connectivity index (χ1n) is 11.3. The Hall–Kier alpha value is -2.44. The Bertz CT molecular complexity index is 1020. The van der Waals surface area contributed by atoms with Crippen LogP contribution in [0.4, 0.5) is 0 Å². The fourth-order valence-electron chi connectivity index (χ4n) is 4.58. The summed E-state index contributed by atoms with van der Waals surface area (Å²) in [4.78, 5) is 28.2. The van der Waals surface area contributed by atoms with Crippen LogP contribution in [0.1, 0.15) is 49.8 Å². The molecule has 0 saturated heterocycles. The Morgan fingerprint density at radius 3 is 2.64 bits per heavy atom. The van der Waals surface area contributed by atoms with Crippen LogP contribution in [0.2, 0.25) is 5.02 Å². The highest BCUT2D eigenvalue weighted by Gasteiger charge is 2.35. The van der Waals surface area contributed by atoms with Crippen molar-refractivity contribution in [3.8, 4) is 11.5 Å². The highest BCUT2D eigenvalue weighted by atomic mass is 35.5. The third-order valence-electron chi connectivity index (χ3n) is 6.42. The second kappa shape index (κ2) is 10.7. The summed E-state index contributed by atoms with van der Waals surface area (Å²) in [6.07, 6.45) is 4.24. The lowest BCUT2D eigenvalue weighted by Crippen LogP contribution is -2.49. The number of fused-ring (bicyclic) bond motifs is 1. The molecule has 1 fully saturated rings. The number of alkyl halides is 1. The van der Waals surface area contributed by atoms with E-state index in [0.717, 1.165) is 24.8 Å². The van der Waals surface area contributed by atoms with Crippen molar-refractivity contribution < 1.29 is 19.1 Å². The normalized spacial score (nSPS) is 20.2. The molecule has 2 aromatic rings. The van der Waals surface area contributed by atoms with E-state index in [1.54, 1.807) is 24.3 Å². The van der Waals surface area contributed by atoms with Gasteiger partial charge >= 0.3 is 0 Å². The summed E-state index contributed by atoms with van der Waals surface area (Å²) >= 11 is 12.5. The van der Waals surface area contributed by atoms with E-state index in [1.807, 2.05) is 18.2 Å². The van der Waals surface area contributed by atoms with Gasteiger partial charge in [-0.05, 0) is 42.5 Å². The van der Waals surface area contributed by atoms with E-state index in [2.05, 4.69) is 12.2 Å². The third kappa shape index (κ3) is 5.39. The molecular formula is C25H28Cl2N2O4. The van der Waals surface area contributed by atoms with Gasteiger partial charge in [0.05, 0.1) is 0 Å². The molecule has 1 aliphatic carbocycles.